The molecule has 70 valence electrons. The van der Waals surface area contributed by atoms with E-state index < -0.39 is 10.6 Å². The van der Waals surface area contributed by atoms with Crippen molar-refractivity contribution in [2.75, 3.05) is 7.05 Å². The van der Waals surface area contributed by atoms with E-state index in [4.69, 9.17) is 0 Å². The quantitative estimate of drug-likeness (QED) is 0.505. The van der Waals surface area contributed by atoms with Crippen LogP contribution in [0.4, 0.5) is 0 Å². The Labute approximate surface area is 77.0 Å². The molecule has 0 aliphatic heterocycles. The molecular formula is C9H12N2O2. The highest BCUT2D eigenvalue weighted by atomic mass is 16.6. The minimum atomic E-state index is -0.883. The molecule has 1 amide bonds. The first kappa shape index (κ1) is 9.83. The van der Waals surface area contributed by atoms with Crippen LogP contribution in [0, 0.1) is 5.21 Å². The lowest BCUT2D eigenvalue weighted by atomic mass is 10.2. The van der Waals surface area contributed by atoms with E-state index in [0.717, 1.165) is 5.56 Å². The summed E-state index contributed by atoms with van der Waals surface area (Å²) in [7, 11) is 1.34. The highest BCUT2D eigenvalue weighted by Crippen LogP contribution is 2.08. The van der Waals surface area contributed by atoms with E-state index in [0.29, 0.717) is 0 Å². The lowest BCUT2D eigenvalue weighted by Gasteiger charge is -2.34. The standard InChI is InChI=1S/C9H12N2O2/c1-8(12)11(2,13)7-9-4-3-5-10-6-9/h3-6H,7H2,1-2H3. The summed E-state index contributed by atoms with van der Waals surface area (Å²) < 4.78 is -0.883. The van der Waals surface area contributed by atoms with Gasteiger partial charge in [0.1, 0.15) is 6.54 Å². The van der Waals surface area contributed by atoms with Crippen molar-refractivity contribution in [2.45, 2.75) is 13.5 Å². The number of hydrogen-bond acceptors (Lipinski definition) is 3. The van der Waals surface area contributed by atoms with E-state index >= 15 is 0 Å². The van der Waals surface area contributed by atoms with Crippen LogP contribution in [-0.2, 0) is 11.3 Å². The molecule has 0 saturated heterocycles. The van der Waals surface area contributed by atoms with Gasteiger partial charge in [-0.3, -0.25) is 9.63 Å². The van der Waals surface area contributed by atoms with Gasteiger partial charge in [0.25, 0.3) is 0 Å². The summed E-state index contributed by atoms with van der Waals surface area (Å²) in [6.45, 7) is 1.44. The molecule has 1 atom stereocenters. The number of amides is 1. The molecule has 0 spiro atoms. The summed E-state index contributed by atoms with van der Waals surface area (Å²) in [6, 6.07) is 3.53. The van der Waals surface area contributed by atoms with Crippen LogP contribution < -0.4 is 0 Å². The monoisotopic (exact) mass is 180 g/mol. The molecular weight excluding hydrogens is 168 g/mol. The average Bonchev–Trinajstić information content (AvgIpc) is 2.05. The molecule has 0 aromatic carbocycles. The maximum absolute atomic E-state index is 11.5. The minimum absolute atomic E-state index is 0.142. The fourth-order valence-electron chi connectivity index (χ4n) is 0.951. The Balaban J connectivity index is 2.75. The zero-order valence-electron chi connectivity index (χ0n) is 7.73. The Morgan fingerprint density at radius 2 is 2.38 bits per heavy atom. The van der Waals surface area contributed by atoms with E-state index in [9.17, 15) is 10.0 Å². The fraction of sp³-hybridized carbons (Fsp3) is 0.333. The molecule has 0 radical (unpaired) electrons. The van der Waals surface area contributed by atoms with Crippen LogP contribution in [0.3, 0.4) is 0 Å². The maximum Gasteiger partial charge on any atom is 0.310 e. The Bertz CT molecular complexity index is 296. The van der Waals surface area contributed by atoms with Crippen LogP contribution in [0.2, 0.25) is 0 Å². The molecule has 4 nitrogen and oxygen atoms in total. The van der Waals surface area contributed by atoms with Crippen molar-refractivity contribution in [3.05, 3.63) is 35.3 Å². The predicted molar refractivity (Wildman–Crippen MR) is 48.2 cm³/mol. The topological polar surface area (TPSA) is 53.0 Å². The Hall–Kier alpha value is -1.26. The molecule has 1 heterocycles. The van der Waals surface area contributed by atoms with Crippen LogP contribution in [0.1, 0.15) is 12.5 Å². The number of rotatable bonds is 2. The van der Waals surface area contributed by atoms with E-state index in [1.165, 1.54) is 14.0 Å². The van der Waals surface area contributed by atoms with Gasteiger partial charge in [0.05, 0.1) is 14.0 Å². The SMILES string of the molecule is CC(=O)[N+](C)([O-])Cc1cccnc1. The van der Waals surface area contributed by atoms with Gasteiger partial charge in [0, 0.05) is 18.0 Å². The number of nitrogens with zero attached hydrogens (tertiary/aromatic N) is 2. The van der Waals surface area contributed by atoms with Gasteiger partial charge >= 0.3 is 5.91 Å². The molecule has 13 heavy (non-hydrogen) atoms. The molecule has 0 bridgehead atoms. The molecule has 1 aromatic heterocycles. The van der Waals surface area contributed by atoms with Crippen LogP contribution in [0.25, 0.3) is 0 Å². The zero-order valence-corrected chi connectivity index (χ0v) is 7.73. The van der Waals surface area contributed by atoms with Crippen molar-refractivity contribution in [3.63, 3.8) is 0 Å². The van der Waals surface area contributed by atoms with Crippen molar-refractivity contribution in [2.24, 2.45) is 0 Å². The van der Waals surface area contributed by atoms with E-state index in [-0.39, 0.29) is 6.54 Å². The van der Waals surface area contributed by atoms with E-state index in [2.05, 4.69) is 4.98 Å². The van der Waals surface area contributed by atoms with Crippen LogP contribution in [0.5, 0.6) is 0 Å². The van der Waals surface area contributed by atoms with Crippen molar-refractivity contribution >= 4 is 5.91 Å². The van der Waals surface area contributed by atoms with Gasteiger partial charge in [-0.1, -0.05) is 6.07 Å². The highest BCUT2D eigenvalue weighted by Gasteiger charge is 2.16. The van der Waals surface area contributed by atoms with Crippen molar-refractivity contribution in [1.82, 2.24) is 4.98 Å². The number of carbonyl (C=O) groups is 1. The second-order valence-corrected chi connectivity index (χ2v) is 3.14. The van der Waals surface area contributed by atoms with Gasteiger partial charge in [0.2, 0.25) is 0 Å². The number of aromatic nitrogens is 1. The first-order valence-corrected chi connectivity index (χ1v) is 3.99. The summed E-state index contributed by atoms with van der Waals surface area (Å²) in [5, 5.41) is 11.5. The molecule has 4 heteroatoms. The highest BCUT2D eigenvalue weighted by molar-refractivity contribution is 5.65. The molecule has 0 saturated carbocycles. The molecule has 0 fully saturated rings. The lowest BCUT2D eigenvalue weighted by molar-refractivity contribution is -0.796. The molecule has 1 rings (SSSR count). The first-order valence-electron chi connectivity index (χ1n) is 3.99. The third kappa shape index (κ3) is 2.61. The molecule has 0 aliphatic rings. The smallest absolute Gasteiger partial charge is 0.310 e. The predicted octanol–water partition coefficient (Wildman–Crippen LogP) is 1.07. The molecule has 1 unspecified atom stereocenters. The average molecular weight is 180 g/mol. The van der Waals surface area contributed by atoms with Gasteiger partial charge < -0.3 is 5.21 Å². The summed E-state index contributed by atoms with van der Waals surface area (Å²) in [6.07, 6.45) is 3.23. The number of hydroxylamine groups is 3. The minimum Gasteiger partial charge on any atom is -0.625 e. The second-order valence-electron chi connectivity index (χ2n) is 3.14. The van der Waals surface area contributed by atoms with Crippen molar-refractivity contribution in [3.8, 4) is 0 Å². The maximum atomic E-state index is 11.5. The Kier molecular flexibility index (Phi) is 2.75. The van der Waals surface area contributed by atoms with Gasteiger partial charge in [-0.15, -0.1) is 0 Å². The first-order chi connectivity index (χ1) is 6.02. The van der Waals surface area contributed by atoms with Gasteiger partial charge in [-0.2, -0.15) is 0 Å². The number of pyridine rings is 1. The van der Waals surface area contributed by atoms with Crippen LogP contribution in [-0.4, -0.2) is 22.6 Å². The van der Waals surface area contributed by atoms with Crippen LogP contribution in [0.15, 0.2) is 24.5 Å². The second kappa shape index (κ2) is 3.64. The van der Waals surface area contributed by atoms with Crippen LogP contribution >= 0.6 is 0 Å². The van der Waals surface area contributed by atoms with Crippen molar-refractivity contribution in [1.29, 1.82) is 0 Å². The van der Waals surface area contributed by atoms with Gasteiger partial charge in [-0.25, -0.2) is 4.79 Å². The summed E-state index contributed by atoms with van der Waals surface area (Å²) in [5.74, 6) is -0.399. The van der Waals surface area contributed by atoms with E-state index in [1.54, 1.807) is 24.5 Å². The Morgan fingerprint density at radius 3 is 2.85 bits per heavy atom. The van der Waals surface area contributed by atoms with Crippen molar-refractivity contribution < 1.29 is 9.44 Å². The summed E-state index contributed by atoms with van der Waals surface area (Å²) in [4.78, 5) is 14.8. The van der Waals surface area contributed by atoms with Gasteiger partial charge in [-0.05, 0) is 6.07 Å². The molecule has 0 aliphatic carbocycles. The largest absolute Gasteiger partial charge is 0.625 e. The third-order valence-electron chi connectivity index (χ3n) is 1.87. The molecule has 1 aromatic rings. The zero-order chi connectivity index (χ0) is 9.90. The number of hydrogen-bond donors (Lipinski definition) is 0. The molecule has 0 N–H and O–H groups in total. The Morgan fingerprint density at radius 1 is 1.69 bits per heavy atom. The number of carbonyl (C=O) groups excluding carboxylic acids is 1. The normalized spacial score (nSPS) is 15.0. The third-order valence-corrected chi connectivity index (χ3v) is 1.87. The summed E-state index contributed by atoms with van der Waals surface area (Å²) >= 11 is 0. The number of quaternary nitrogens is 1. The van der Waals surface area contributed by atoms with Gasteiger partial charge in [0.15, 0.2) is 0 Å². The van der Waals surface area contributed by atoms with E-state index in [1.807, 2.05) is 0 Å². The fourth-order valence-corrected chi connectivity index (χ4v) is 0.951. The summed E-state index contributed by atoms with van der Waals surface area (Å²) in [5.41, 5.74) is 0.773. The lowest BCUT2D eigenvalue weighted by Crippen LogP contribution is -2.41.